The van der Waals surface area contributed by atoms with E-state index in [9.17, 15) is 22.9 Å². The molecule has 2 rings (SSSR count). The number of nitro benzene ring substituents is 1. The van der Waals surface area contributed by atoms with Crippen molar-refractivity contribution in [3.05, 3.63) is 64.0 Å². The maximum absolute atomic E-state index is 13.2. The van der Waals surface area contributed by atoms with Crippen molar-refractivity contribution in [3.8, 4) is 0 Å². The smallest absolute Gasteiger partial charge is 0.293 e. The van der Waals surface area contributed by atoms with Crippen LogP contribution in [0.5, 0.6) is 0 Å². The van der Waals surface area contributed by atoms with Gasteiger partial charge in [0.2, 0.25) is 10.0 Å². The Morgan fingerprint density at radius 3 is 2.58 bits per heavy atom. The number of nitrogens with one attached hydrogen (secondary N) is 1. The fraction of sp³-hybridized carbons (Fsp3) is 0.200. The highest BCUT2D eigenvalue weighted by atomic mass is 32.2. The van der Waals surface area contributed by atoms with Crippen LogP contribution in [-0.4, -0.2) is 19.4 Å². The zero-order valence-corrected chi connectivity index (χ0v) is 13.6. The molecule has 7 nitrogen and oxygen atoms in total. The van der Waals surface area contributed by atoms with Gasteiger partial charge in [-0.3, -0.25) is 10.1 Å². The minimum Gasteiger partial charge on any atom is -0.377 e. The van der Waals surface area contributed by atoms with E-state index in [1.807, 2.05) is 0 Å². The summed E-state index contributed by atoms with van der Waals surface area (Å²) in [5.41, 5.74) is 0.503. The first-order valence-corrected chi connectivity index (χ1v) is 8.53. The number of rotatable bonds is 6. The van der Waals surface area contributed by atoms with Gasteiger partial charge in [-0.15, -0.1) is 0 Å². The van der Waals surface area contributed by atoms with Gasteiger partial charge in [-0.25, -0.2) is 17.9 Å². The average molecular weight is 353 g/mol. The summed E-state index contributed by atoms with van der Waals surface area (Å²) in [5.74, 6) is -0.358. The third-order valence-corrected chi connectivity index (χ3v) is 4.24. The summed E-state index contributed by atoms with van der Waals surface area (Å²) in [6.45, 7) is 1.78. The molecule has 9 heteroatoms. The molecule has 0 saturated heterocycles. The number of anilines is 1. The van der Waals surface area contributed by atoms with E-state index in [1.54, 1.807) is 19.1 Å². The highest BCUT2D eigenvalue weighted by molar-refractivity contribution is 7.89. The van der Waals surface area contributed by atoms with Crippen LogP contribution in [0.4, 0.5) is 15.8 Å². The minimum absolute atomic E-state index is 0.163. The second kappa shape index (κ2) is 6.93. The second-order valence-electron chi connectivity index (χ2n) is 5.36. The fourth-order valence-corrected chi connectivity index (χ4v) is 2.83. The molecule has 0 aliphatic rings. The first kappa shape index (κ1) is 17.8. The van der Waals surface area contributed by atoms with E-state index in [4.69, 9.17) is 5.14 Å². The van der Waals surface area contributed by atoms with Crippen LogP contribution >= 0.6 is 0 Å². The SMILES string of the molecule is CC(Cc1cccc(F)c1)Nc1ccc(S(N)(=O)=O)cc1[N+](=O)[O-]. The van der Waals surface area contributed by atoms with E-state index in [1.165, 1.54) is 24.3 Å². The first-order valence-electron chi connectivity index (χ1n) is 6.99. The van der Waals surface area contributed by atoms with E-state index < -0.39 is 20.6 Å². The average Bonchev–Trinajstić information content (AvgIpc) is 2.46. The van der Waals surface area contributed by atoms with E-state index >= 15 is 0 Å². The Morgan fingerprint density at radius 2 is 2.00 bits per heavy atom. The van der Waals surface area contributed by atoms with E-state index in [2.05, 4.69) is 5.32 Å². The molecule has 1 atom stereocenters. The monoisotopic (exact) mass is 353 g/mol. The lowest BCUT2D eigenvalue weighted by molar-refractivity contribution is -0.384. The van der Waals surface area contributed by atoms with Crippen molar-refractivity contribution in [2.45, 2.75) is 24.3 Å². The molecule has 1 unspecified atom stereocenters. The van der Waals surface area contributed by atoms with Crippen LogP contribution in [0.15, 0.2) is 47.4 Å². The van der Waals surface area contributed by atoms with Crippen LogP contribution in [0.2, 0.25) is 0 Å². The van der Waals surface area contributed by atoms with Gasteiger partial charge < -0.3 is 5.32 Å². The van der Waals surface area contributed by atoms with Crippen LogP contribution in [0.25, 0.3) is 0 Å². The maximum Gasteiger partial charge on any atom is 0.293 e. The number of nitrogens with two attached hydrogens (primary N) is 1. The number of hydrogen-bond acceptors (Lipinski definition) is 5. The summed E-state index contributed by atoms with van der Waals surface area (Å²) >= 11 is 0. The molecule has 0 fully saturated rings. The van der Waals surface area contributed by atoms with Gasteiger partial charge in [0, 0.05) is 12.1 Å². The van der Waals surface area contributed by atoms with Crippen molar-refractivity contribution in [2.75, 3.05) is 5.32 Å². The van der Waals surface area contributed by atoms with E-state index in [0.717, 1.165) is 11.6 Å². The molecule has 0 bridgehead atoms. The number of nitrogens with zero attached hydrogens (tertiary/aromatic N) is 1. The second-order valence-corrected chi connectivity index (χ2v) is 6.92. The van der Waals surface area contributed by atoms with Crippen LogP contribution in [0.3, 0.4) is 0 Å². The molecule has 0 radical (unpaired) electrons. The number of primary sulfonamides is 1. The summed E-state index contributed by atoms with van der Waals surface area (Å²) in [6, 6.07) is 9.20. The third-order valence-electron chi connectivity index (χ3n) is 3.33. The summed E-state index contributed by atoms with van der Waals surface area (Å²) in [7, 11) is -4.03. The van der Waals surface area contributed by atoms with Gasteiger partial charge in [0.25, 0.3) is 5.69 Å². The predicted molar refractivity (Wildman–Crippen MR) is 87.7 cm³/mol. The summed E-state index contributed by atoms with van der Waals surface area (Å²) in [6.07, 6.45) is 0.436. The van der Waals surface area contributed by atoms with Crippen LogP contribution < -0.4 is 10.5 Å². The number of halogens is 1. The zero-order valence-electron chi connectivity index (χ0n) is 12.8. The lowest BCUT2D eigenvalue weighted by Gasteiger charge is -2.16. The topological polar surface area (TPSA) is 115 Å². The Bertz CT molecular complexity index is 871. The maximum atomic E-state index is 13.2. The number of nitro groups is 1. The quantitative estimate of drug-likeness (QED) is 0.611. The Hall–Kier alpha value is -2.52. The van der Waals surface area contributed by atoms with E-state index in [0.29, 0.717) is 6.42 Å². The summed E-state index contributed by atoms with van der Waals surface area (Å²) < 4.78 is 35.8. The molecule has 2 aromatic carbocycles. The lowest BCUT2D eigenvalue weighted by Crippen LogP contribution is -2.19. The van der Waals surface area contributed by atoms with Crippen molar-refractivity contribution < 1.29 is 17.7 Å². The third kappa shape index (κ3) is 4.49. The van der Waals surface area contributed by atoms with Gasteiger partial charge in [-0.1, -0.05) is 12.1 Å². The molecular weight excluding hydrogens is 337 g/mol. The normalized spacial score (nSPS) is 12.6. The van der Waals surface area contributed by atoms with Gasteiger partial charge in [0.15, 0.2) is 0 Å². The Kier molecular flexibility index (Phi) is 5.15. The van der Waals surface area contributed by atoms with Crippen molar-refractivity contribution in [3.63, 3.8) is 0 Å². The molecule has 2 aromatic rings. The van der Waals surface area contributed by atoms with Crippen molar-refractivity contribution >= 4 is 21.4 Å². The molecule has 0 amide bonds. The largest absolute Gasteiger partial charge is 0.377 e. The highest BCUT2D eigenvalue weighted by Crippen LogP contribution is 2.28. The molecule has 0 aromatic heterocycles. The van der Waals surface area contributed by atoms with Gasteiger partial charge in [-0.05, 0) is 43.2 Å². The molecule has 0 heterocycles. The first-order chi connectivity index (χ1) is 11.2. The van der Waals surface area contributed by atoms with Crippen molar-refractivity contribution in [1.82, 2.24) is 0 Å². The number of hydrogen-bond donors (Lipinski definition) is 2. The van der Waals surface area contributed by atoms with Gasteiger partial charge >= 0.3 is 0 Å². The minimum atomic E-state index is -4.03. The van der Waals surface area contributed by atoms with Crippen molar-refractivity contribution in [2.24, 2.45) is 5.14 Å². The fourth-order valence-electron chi connectivity index (χ4n) is 2.30. The van der Waals surface area contributed by atoms with Gasteiger partial charge in [0.1, 0.15) is 11.5 Å². The molecular formula is C15H16FN3O4S. The Balaban J connectivity index is 2.23. The molecule has 128 valence electrons. The molecule has 24 heavy (non-hydrogen) atoms. The van der Waals surface area contributed by atoms with Crippen LogP contribution in [0.1, 0.15) is 12.5 Å². The molecule has 0 aliphatic carbocycles. The Labute approximate surface area is 138 Å². The molecule has 0 aliphatic heterocycles. The molecule has 0 saturated carbocycles. The zero-order chi connectivity index (χ0) is 17.9. The van der Waals surface area contributed by atoms with Crippen LogP contribution in [-0.2, 0) is 16.4 Å². The lowest BCUT2D eigenvalue weighted by atomic mass is 10.1. The number of sulfonamides is 1. The summed E-state index contributed by atoms with van der Waals surface area (Å²) in [5, 5.41) is 19.1. The standard InChI is InChI=1S/C15H16FN3O4S/c1-10(7-11-3-2-4-12(16)8-11)18-14-6-5-13(24(17,22)23)9-15(14)19(20)21/h2-6,8-10,18H,7H2,1H3,(H2,17,22,23). The number of benzene rings is 2. The summed E-state index contributed by atoms with van der Waals surface area (Å²) in [4.78, 5) is 10.1. The van der Waals surface area contributed by atoms with Gasteiger partial charge in [-0.2, -0.15) is 0 Å². The molecule has 3 N–H and O–H groups in total. The van der Waals surface area contributed by atoms with Crippen LogP contribution in [0, 0.1) is 15.9 Å². The molecule has 0 spiro atoms. The van der Waals surface area contributed by atoms with Gasteiger partial charge in [0.05, 0.1) is 9.82 Å². The van der Waals surface area contributed by atoms with Crippen molar-refractivity contribution in [1.29, 1.82) is 0 Å². The highest BCUT2D eigenvalue weighted by Gasteiger charge is 2.20. The predicted octanol–water partition coefficient (Wildman–Crippen LogP) is 2.42. The van der Waals surface area contributed by atoms with E-state index in [-0.39, 0.29) is 22.4 Å². The Morgan fingerprint density at radius 1 is 1.29 bits per heavy atom.